The second-order valence-corrected chi connectivity index (χ2v) is 5.99. The molecule has 0 aliphatic heterocycles. The predicted octanol–water partition coefficient (Wildman–Crippen LogP) is 3.32. The van der Waals surface area contributed by atoms with Gasteiger partial charge >= 0.3 is 0 Å². The molecule has 0 unspecified atom stereocenters. The van der Waals surface area contributed by atoms with Crippen molar-refractivity contribution in [3.63, 3.8) is 0 Å². The number of anilines is 1. The summed E-state index contributed by atoms with van der Waals surface area (Å²) in [5.74, 6) is 0.545. The Morgan fingerprint density at radius 3 is 2.90 bits per heavy atom. The molecule has 7 heteroatoms. The number of benzene rings is 1. The number of hydrogen-bond acceptors (Lipinski definition) is 6. The van der Waals surface area contributed by atoms with Crippen LogP contribution in [0.1, 0.15) is 15.5 Å². The molecule has 2 heterocycles. The van der Waals surface area contributed by atoms with E-state index in [4.69, 9.17) is 4.74 Å². The number of nitrogens with one attached hydrogen (secondary N) is 1. The summed E-state index contributed by atoms with van der Waals surface area (Å²) in [4.78, 5) is 20.5. The van der Waals surface area contributed by atoms with Crippen molar-refractivity contribution in [1.29, 1.82) is 0 Å². The van der Waals surface area contributed by atoms with Crippen molar-refractivity contribution in [3.05, 3.63) is 34.3 Å². The van der Waals surface area contributed by atoms with E-state index in [9.17, 15) is 4.79 Å². The molecule has 0 fully saturated rings. The highest BCUT2D eigenvalue weighted by Crippen LogP contribution is 2.29. The van der Waals surface area contributed by atoms with Crippen LogP contribution in [0, 0.1) is 6.92 Å². The van der Waals surface area contributed by atoms with Crippen molar-refractivity contribution in [2.45, 2.75) is 6.92 Å². The van der Waals surface area contributed by atoms with Crippen molar-refractivity contribution in [3.8, 4) is 5.75 Å². The van der Waals surface area contributed by atoms with Crippen LogP contribution < -0.4 is 10.1 Å². The van der Waals surface area contributed by atoms with Gasteiger partial charge in [-0.2, -0.15) is 0 Å². The zero-order valence-corrected chi connectivity index (χ0v) is 12.5. The maximum absolute atomic E-state index is 12.0. The number of methoxy groups -OCH3 is 1. The predicted molar refractivity (Wildman–Crippen MR) is 81.0 cm³/mol. The molecule has 0 atom stereocenters. The van der Waals surface area contributed by atoms with Gasteiger partial charge in [0.05, 0.1) is 17.3 Å². The van der Waals surface area contributed by atoms with Gasteiger partial charge in [0.1, 0.15) is 5.75 Å². The first-order chi connectivity index (χ1) is 9.65. The van der Waals surface area contributed by atoms with Crippen LogP contribution in [0.4, 0.5) is 5.13 Å². The first kappa shape index (κ1) is 13.0. The summed E-state index contributed by atoms with van der Waals surface area (Å²) < 4.78 is 6.14. The van der Waals surface area contributed by atoms with Crippen LogP contribution in [0.2, 0.25) is 0 Å². The topological polar surface area (TPSA) is 64.1 Å². The molecule has 5 nitrogen and oxygen atoms in total. The second-order valence-electron chi connectivity index (χ2n) is 4.10. The van der Waals surface area contributed by atoms with Gasteiger partial charge in [0.15, 0.2) is 10.1 Å². The minimum Gasteiger partial charge on any atom is -0.497 e. The number of carbonyl (C=O) groups is 1. The summed E-state index contributed by atoms with van der Waals surface area (Å²) in [6.45, 7) is 1.86. The fourth-order valence-corrected chi connectivity index (χ4v) is 3.27. The average Bonchev–Trinajstić information content (AvgIpc) is 3.03. The molecule has 1 amide bonds. The van der Waals surface area contributed by atoms with Crippen molar-refractivity contribution in [2.24, 2.45) is 0 Å². The summed E-state index contributed by atoms with van der Waals surface area (Å²) in [5, 5.41) is 5.62. The van der Waals surface area contributed by atoms with Gasteiger partial charge in [0, 0.05) is 11.1 Å². The van der Waals surface area contributed by atoms with Crippen molar-refractivity contribution in [2.75, 3.05) is 12.4 Å². The van der Waals surface area contributed by atoms with E-state index in [0.29, 0.717) is 10.1 Å². The maximum Gasteiger partial charge on any atom is 0.286 e. The molecular weight excluding hydrogens is 294 g/mol. The first-order valence-electron chi connectivity index (χ1n) is 5.84. The molecule has 0 saturated heterocycles. The van der Waals surface area contributed by atoms with Gasteiger partial charge in [-0.05, 0) is 25.1 Å². The lowest BCUT2D eigenvalue weighted by atomic mass is 10.3. The van der Waals surface area contributed by atoms with Crippen molar-refractivity contribution in [1.82, 2.24) is 9.97 Å². The zero-order chi connectivity index (χ0) is 14.1. The third-order valence-electron chi connectivity index (χ3n) is 2.63. The van der Waals surface area contributed by atoms with Crippen LogP contribution in [-0.2, 0) is 0 Å². The van der Waals surface area contributed by atoms with Crippen molar-refractivity contribution >= 4 is 43.9 Å². The lowest BCUT2D eigenvalue weighted by Gasteiger charge is -1.96. The molecule has 3 aromatic rings. The lowest BCUT2D eigenvalue weighted by molar-refractivity contribution is 0.102. The SMILES string of the molecule is COc1ccc2nc(NC(=O)c3nc(C)cs3)sc2c1. The molecule has 1 aromatic carbocycles. The van der Waals surface area contributed by atoms with Gasteiger partial charge in [-0.1, -0.05) is 11.3 Å². The third-order valence-corrected chi connectivity index (χ3v) is 4.52. The molecule has 1 N–H and O–H groups in total. The Balaban J connectivity index is 1.85. The van der Waals surface area contributed by atoms with E-state index in [2.05, 4.69) is 15.3 Å². The average molecular weight is 305 g/mol. The molecule has 3 rings (SSSR count). The van der Waals surface area contributed by atoms with E-state index < -0.39 is 0 Å². The highest BCUT2D eigenvalue weighted by atomic mass is 32.1. The van der Waals surface area contributed by atoms with Crippen LogP contribution in [0.15, 0.2) is 23.6 Å². The maximum atomic E-state index is 12.0. The number of hydrogen-bond donors (Lipinski definition) is 1. The van der Waals surface area contributed by atoms with Crippen LogP contribution in [-0.4, -0.2) is 23.0 Å². The van der Waals surface area contributed by atoms with Gasteiger partial charge in [-0.25, -0.2) is 9.97 Å². The number of aryl methyl sites for hydroxylation is 1. The van der Waals surface area contributed by atoms with Crippen LogP contribution in [0.25, 0.3) is 10.2 Å². The fraction of sp³-hybridized carbons (Fsp3) is 0.154. The summed E-state index contributed by atoms with van der Waals surface area (Å²) >= 11 is 2.73. The number of carbonyl (C=O) groups excluding carboxylic acids is 1. The number of ether oxygens (including phenoxy) is 1. The molecule has 0 spiro atoms. The Kier molecular flexibility index (Phi) is 3.37. The number of rotatable bonds is 3. The number of fused-ring (bicyclic) bond motifs is 1. The summed E-state index contributed by atoms with van der Waals surface area (Å²) in [6.07, 6.45) is 0. The standard InChI is InChI=1S/C13H11N3O2S2/c1-7-6-19-12(14-7)11(17)16-13-15-9-4-3-8(18-2)5-10(9)20-13/h3-6H,1-2H3,(H,15,16,17). The van der Waals surface area contributed by atoms with E-state index in [1.54, 1.807) is 7.11 Å². The fourth-order valence-electron chi connectivity index (χ4n) is 1.69. The largest absolute Gasteiger partial charge is 0.497 e. The van der Waals surface area contributed by atoms with Gasteiger partial charge in [-0.3, -0.25) is 10.1 Å². The lowest BCUT2D eigenvalue weighted by Crippen LogP contribution is -2.11. The van der Waals surface area contributed by atoms with E-state index in [-0.39, 0.29) is 5.91 Å². The van der Waals surface area contributed by atoms with Crippen LogP contribution >= 0.6 is 22.7 Å². The smallest absolute Gasteiger partial charge is 0.286 e. The molecule has 0 radical (unpaired) electrons. The normalized spacial score (nSPS) is 10.7. The molecule has 0 aliphatic rings. The molecule has 0 aliphatic carbocycles. The number of thiazole rings is 2. The van der Waals surface area contributed by atoms with E-state index in [1.807, 2.05) is 30.5 Å². The Hall–Kier alpha value is -1.99. The van der Waals surface area contributed by atoms with Gasteiger partial charge in [-0.15, -0.1) is 11.3 Å². The highest BCUT2D eigenvalue weighted by Gasteiger charge is 2.13. The van der Waals surface area contributed by atoms with Gasteiger partial charge in [0.25, 0.3) is 5.91 Å². The molecular formula is C13H11N3O2S2. The highest BCUT2D eigenvalue weighted by molar-refractivity contribution is 7.22. The van der Waals surface area contributed by atoms with E-state index in [1.165, 1.54) is 22.7 Å². The van der Waals surface area contributed by atoms with Crippen molar-refractivity contribution < 1.29 is 9.53 Å². The van der Waals surface area contributed by atoms with Crippen LogP contribution in [0.5, 0.6) is 5.75 Å². The van der Waals surface area contributed by atoms with Gasteiger partial charge < -0.3 is 4.74 Å². The molecule has 2 aromatic heterocycles. The van der Waals surface area contributed by atoms with E-state index >= 15 is 0 Å². The molecule has 20 heavy (non-hydrogen) atoms. The number of aromatic nitrogens is 2. The zero-order valence-electron chi connectivity index (χ0n) is 10.8. The number of amides is 1. The van der Waals surface area contributed by atoms with E-state index in [0.717, 1.165) is 21.7 Å². The Morgan fingerprint density at radius 2 is 2.20 bits per heavy atom. The summed E-state index contributed by atoms with van der Waals surface area (Å²) in [6, 6.07) is 5.61. The molecule has 0 bridgehead atoms. The van der Waals surface area contributed by atoms with Gasteiger partial charge in [0.2, 0.25) is 0 Å². The Labute approximate surface area is 123 Å². The molecule has 0 saturated carbocycles. The second kappa shape index (κ2) is 5.18. The minimum atomic E-state index is -0.228. The quantitative estimate of drug-likeness (QED) is 0.806. The Morgan fingerprint density at radius 1 is 1.35 bits per heavy atom. The Bertz CT molecular complexity index is 779. The first-order valence-corrected chi connectivity index (χ1v) is 7.53. The summed E-state index contributed by atoms with van der Waals surface area (Å²) in [5.41, 5.74) is 1.68. The number of nitrogens with zero attached hydrogens (tertiary/aromatic N) is 2. The monoisotopic (exact) mass is 305 g/mol. The third kappa shape index (κ3) is 2.50. The summed E-state index contributed by atoms with van der Waals surface area (Å²) in [7, 11) is 1.62. The minimum absolute atomic E-state index is 0.228. The molecule has 102 valence electrons. The van der Waals surface area contributed by atoms with Crippen LogP contribution in [0.3, 0.4) is 0 Å².